The molecule has 0 unspecified atom stereocenters. The van der Waals surface area contributed by atoms with Gasteiger partial charge in [-0.15, -0.1) is 0 Å². The Labute approximate surface area is 124 Å². The van der Waals surface area contributed by atoms with Crippen LogP contribution in [0.4, 0.5) is 17.3 Å². The van der Waals surface area contributed by atoms with Gasteiger partial charge in [0.25, 0.3) is 0 Å². The first-order valence-corrected chi connectivity index (χ1v) is 7.24. The second kappa shape index (κ2) is 5.83. The van der Waals surface area contributed by atoms with E-state index in [2.05, 4.69) is 52.6 Å². The minimum absolute atomic E-state index is 0.763. The lowest BCUT2D eigenvalue weighted by Crippen LogP contribution is -2.05. The van der Waals surface area contributed by atoms with Crippen molar-refractivity contribution in [2.75, 3.05) is 17.2 Å². The average Bonchev–Trinajstić information content (AvgIpc) is 2.97. The van der Waals surface area contributed by atoms with Gasteiger partial charge >= 0.3 is 0 Å². The zero-order chi connectivity index (χ0) is 14.7. The summed E-state index contributed by atoms with van der Waals surface area (Å²) < 4.78 is 1.97. The molecule has 0 spiro atoms. The lowest BCUT2D eigenvalue weighted by atomic mass is 10.1. The zero-order valence-corrected chi connectivity index (χ0v) is 12.3. The zero-order valence-electron chi connectivity index (χ0n) is 12.3. The minimum Gasteiger partial charge on any atom is -0.369 e. The molecule has 5 heteroatoms. The molecule has 2 N–H and O–H groups in total. The molecule has 0 saturated heterocycles. The summed E-state index contributed by atoms with van der Waals surface area (Å²) in [6.07, 6.45) is 6.63. The summed E-state index contributed by atoms with van der Waals surface area (Å²) in [7, 11) is 0. The van der Waals surface area contributed by atoms with Gasteiger partial charge < -0.3 is 15.0 Å². The molecule has 0 aliphatic carbocycles. The van der Waals surface area contributed by atoms with E-state index in [1.165, 1.54) is 5.56 Å². The van der Waals surface area contributed by atoms with E-state index in [-0.39, 0.29) is 0 Å². The van der Waals surface area contributed by atoms with Gasteiger partial charge in [0.1, 0.15) is 5.82 Å². The predicted octanol–water partition coefficient (Wildman–Crippen LogP) is 3.47. The third-order valence-corrected chi connectivity index (χ3v) is 3.38. The fourth-order valence-corrected chi connectivity index (χ4v) is 2.36. The van der Waals surface area contributed by atoms with E-state index in [0.717, 1.165) is 35.9 Å². The number of fused-ring (bicyclic) bond motifs is 1. The van der Waals surface area contributed by atoms with Crippen LogP contribution in [-0.2, 0) is 6.42 Å². The minimum atomic E-state index is 0.763. The second-order valence-corrected chi connectivity index (χ2v) is 4.80. The van der Waals surface area contributed by atoms with Crippen molar-refractivity contribution in [3.05, 3.63) is 48.4 Å². The van der Waals surface area contributed by atoms with Crippen LogP contribution in [0.25, 0.3) is 5.65 Å². The van der Waals surface area contributed by atoms with Gasteiger partial charge in [-0.25, -0.2) is 9.97 Å². The number of hydrogen-bond donors (Lipinski definition) is 2. The number of nitrogens with zero attached hydrogens (tertiary/aromatic N) is 3. The molecule has 108 valence electrons. The molecule has 0 atom stereocenters. The van der Waals surface area contributed by atoms with E-state index in [9.17, 15) is 0 Å². The monoisotopic (exact) mass is 281 g/mol. The van der Waals surface area contributed by atoms with Crippen LogP contribution >= 0.6 is 0 Å². The number of anilines is 3. The Hall–Kier alpha value is -2.56. The van der Waals surface area contributed by atoms with Gasteiger partial charge in [-0.3, -0.25) is 0 Å². The Morgan fingerprint density at radius 1 is 1.19 bits per heavy atom. The van der Waals surface area contributed by atoms with Gasteiger partial charge in [0.15, 0.2) is 11.5 Å². The fraction of sp³-hybridized carbons (Fsp3) is 0.250. The fourth-order valence-electron chi connectivity index (χ4n) is 2.36. The maximum absolute atomic E-state index is 4.63. The van der Waals surface area contributed by atoms with Gasteiger partial charge in [0.2, 0.25) is 0 Å². The predicted molar refractivity (Wildman–Crippen MR) is 86.3 cm³/mol. The Bertz CT molecular complexity index is 747. The van der Waals surface area contributed by atoms with Crippen LogP contribution in [0, 0.1) is 0 Å². The van der Waals surface area contributed by atoms with Crippen molar-refractivity contribution in [3.63, 3.8) is 0 Å². The number of aryl methyl sites for hydroxylation is 1. The first-order chi connectivity index (χ1) is 10.3. The smallest absolute Gasteiger partial charge is 0.180 e. The highest BCUT2D eigenvalue weighted by Crippen LogP contribution is 2.24. The van der Waals surface area contributed by atoms with E-state index in [4.69, 9.17) is 0 Å². The van der Waals surface area contributed by atoms with Crippen molar-refractivity contribution < 1.29 is 0 Å². The summed E-state index contributed by atoms with van der Waals surface area (Å²) in [4.78, 5) is 9.01. The number of hydrogen-bond acceptors (Lipinski definition) is 4. The van der Waals surface area contributed by atoms with Crippen LogP contribution in [0.2, 0.25) is 0 Å². The normalized spacial score (nSPS) is 10.8. The Morgan fingerprint density at radius 2 is 2.05 bits per heavy atom. The number of para-hydroxylation sites is 1. The molecular weight excluding hydrogens is 262 g/mol. The van der Waals surface area contributed by atoms with Crippen LogP contribution < -0.4 is 10.6 Å². The second-order valence-electron chi connectivity index (χ2n) is 4.80. The molecule has 0 aliphatic rings. The van der Waals surface area contributed by atoms with Crippen LogP contribution in [-0.4, -0.2) is 20.9 Å². The quantitative estimate of drug-likeness (QED) is 0.752. The molecule has 2 aromatic heterocycles. The summed E-state index contributed by atoms with van der Waals surface area (Å²) in [5.74, 6) is 1.60. The molecule has 1 aromatic carbocycles. The lowest BCUT2D eigenvalue weighted by Gasteiger charge is -2.12. The molecule has 5 nitrogen and oxygen atoms in total. The van der Waals surface area contributed by atoms with E-state index in [0.29, 0.717) is 0 Å². The van der Waals surface area contributed by atoms with Crippen molar-refractivity contribution in [1.82, 2.24) is 14.4 Å². The van der Waals surface area contributed by atoms with E-state index < -0.39 is 0 Å². The van der Waals surface area contributed by atoms with Crippen LogP contribution in [0.15, 0.2) is 42.9 Å². The molecule has 0 amide bonds. The molecular formula is C16H19N5. The molecule has 0 saturated carbocycles. The van der Waals surface area contributed by atoms with Gasteiger partial charge in [-0.05, 0) is 25.0 Å². The SMILES string of the molecule is CCNc1cn2ccnc2c(Nc2ccccc2CC)n1. The van der Waals surface area contributed by atoms with E-state index in [1.807, 2.05) is 22.9 Å². The number of imidazole rings is 1. The first kappa shape index (κ1) is 13.4. The van der Waals surface area contributed by atoms with Crippen LogP contribution in [0.1, 0.15) is 19.4 Å². The molecule has 0 bridgehead atoms. The molecule has 3 rings (SSSR count). The van der Waals surface area contributed by atoms with Crippen LogP contribution in [0.3, 0.4) is 0 Å². The number of nitrogens with one attached hydrogen (secondary N) is 2. The third kappa shape index (κ3) is 2.67. The van der Waals surface area contributed by atoms with Crippen molar-refractivity contribution in [3.8, 4) is 0 Å². The van der Waals surface area contributed by atoms with Crippen molar-refractivity contribution in [2.24, 2.45) is 0 Å². The summed E-state index contributed by atoms with van der Waals surface area (Å²) in [5.41, 5.74) is 3.16. The molecule has 2 heterocycles. The largest absolute Gasteiger partial charge is 0.369 e. The van der Waals surface area contributed by atoms with Gasteiger partial charge in [0.05, 0.1) is 6.20 Å². The topological polar surface area (TPSA) is 54.2 Å². The highest BCUT2D eigenvalue weighted by molar-refractivity contribution is 5.73. The molecule has 0 fully saturated rings. The lowest BCUT2D eigenvalue weighted by molar-refractivity contribution is 1.08. The highest BCUT2D eigenvalue weighted by Gasteiger charge is 2.09. The van der Waals surface area contributed by atoms with Crippen molar-refractivity contribution in [2.45, 2.75) is 20.3 Å². The Kier molecular flexibility index (Phi) is 3.73. The highest BCUT2D eigenvalue weighted by atomic mass is 15.1. The molecule has 3 aromatic rings. The molecule has 0 radical (unpaired) electrons. The molecule has 21 heavy (non-hydrogen) atoms. The Morgan fingerprint density at radius 3 is 2.86 bits per heavy atom. The van der Waals surface area contributed by atoms with E-state index >= 15 is 0 Å². The summed E-state index contributed by atoms with van der Waals surface area (Å²) in [6, 6.07) is 8.27. The number of benzene rings is 1. The number of rotatable bonds is 5. The summed E-state index contributed by atoms with van der Waals surface area (Å²) in [6.45, 7) is 5.03. The standard InChI is InChI=1S/C16H19N5/c1-3-12-7-5-6-8-13(12)19-15-16-18-9-10-21(16)11-14(20-15)17-4-2/h5-11,17H,3-4H2,1-2H3,(H,19,20). The molecule has 0 aliphatic heterocycles. The van der Waals surface area contributed by atoms with E-state index in [1.54, 1.807) is 6.20 Å². The van der Waals surface area contributed by atoms with Gasteiger partial charge in [-0.2, -0.15) is 0 Å². The van der Waals surface area contributed by atoms with Crippen LogP contribution in [0.5, 0.6) is 0 Å². The van der Waals surface area contributed by atoms with Gasteiger partial charge in [-0.1, -0.05) is 25.1 Å². The summed E-state index contributed by atoms with van der Waals surface area (Å²) >= 11 is 0. The Balaban J connectivity index is 2.04. The maximum Gasteiger partial charge on any atom is 0.180 e. The maximum atomic E-state index is 4.63. The van der Waals surface area contributed by atoms with Gasteiger partial charge in [0, 0.05) is 24.6 Å². The number of aromatic nitrogens is 3. The third-order valence-electron chi connectivity index (χ3n) is 3.38. The van der Waals surface area contributed by atoms with Crippen molar-refractivity contribution >= 4 is 23.0 Å². The summed E-state index contributed by atoms with van der Waals surface area (Å²) in [5, 5.41) is 6.66. The average molecular weight is 281 g/mol. The first-order valence-electron chi connectivity index (χ1n) is 7.24. The van der Waals surface area contributed by atoms with Crippen molar-refractivity contribution in [1.29, 1.82) is 0 Å².